The molecule has 1 aliphatic carbocycles. The third kappa shape index (κ3) is 3.76. The summed E-state index contributed by atoms with van der Waals surface area (Å²) in [5.74, 6) is -0.733. The average Bonchev–Trinajstić information content (AvgIpc) is 2.73. The lowest BCUT2D eigenvalue weighted by Crippen LogP contribution is -2.39. The number of benzene rings is 1. The minimum absolute atomic E-state index is 0.132. The standard InChI is InChI=1S/C19H25ClN2O3/c1-18(2)7-13-8-19(3,10-18)11-22(13)16(23)9-25-17(24)14-5-4-12(20)6-15(14)21/h4-6,13H,7-11,21H2,1-3H3/t13-,19+/m0/s1. The first-order valence-corrected chi connectivity index (χ1v) is 8.98. The molecule has 1 heterocycles. The number of likely N-dealkylation sites (tertiary alicyclic amines) is 1. The summed E-state index contributed by atoms with van der Waals surface area (Å²) in [5, 5.41) is 0.449. The molecule has 25 heavy (non-hydrogen) atoms. The van der Waals surface area contributed by atoms with Crippen LogP contribution in [0.3, 0.4) is 0 Å². The van der Waals surface area contributed by atoms with Gasteiger partial charge in [-0.15, -0.1) is 0 Å². The maximum Gasteiger partial charge on any atom is 0.340 e. The van der Waals surface area contributed by atoms with Crippen LogP contribution < -0.4 is 5.73 Å². The molecule has 2 aliphatic rings. The van der Waals surface area contributed by atoms with E-state index in [1.54, 1.807) is 6.07 Å². The lowest BCUT2D eigenvalue weighted by Gasteiger charge is -2.39. The van der Waals surface area contributed by atoms with Crippen molar-refractivity contribution in [3.05, 3.63) is 28.8 Å². The highest BCUT2D eigenvalue weighted by Crippen LogP contribution is 2.52. The Labute approximate surface area is 153 Å². The van der Waals surface area contributed by atoms with E-state index in [4.69, 9.17) is 22.1 Å². The second-order valence-electron chi connectivity index (χ2n) is 8.54. The molecule has 2 bridgehead atoms. The molecule has 2 fully saturated rings. The first-order valence-electron chi connectivity index (χ1n) is 8.60. The Morgan fingerprint density at radius 3 is 2.72 bits per heavy atom. The van der Waals surface area contributed by atoms with E-state index in [2.05, 4.69) is 20.8 Å². The largest absolute Gasteiger partial charge is 0.452 e. The van der Waals surface area contributed by atoms with Gasteiger partial charge < -0.3 is 15.4 Å². The maximum absolute atomic E-state index is 12.6. The quantitative estimate of drug-likeness (QED) is 0.658. The van der Waals surface area contributed by atoms with Crippen molar-refractivity contribution < 1.29 is 14.3 Å². The highest BCUT2D eigenvalue weighted by atomic mass is 35.5. The molecule has 1 aromatic carbocycles. The van der Waals surface area contributed by atoms with Gasteiger partial charge in [-0.2, -0.15) is 0 Å². The fraction of sp³-hybridized carbons (Fsp3) is 0.579. The number of nitrogen functional groups attached to an aromatic ring is 1. The number of carbonyl (C=O) groups excluding carboxylic acids is 2. The summed E-state index contributed by atoms with van der Waals surface area (Å²) in [6, 6.07) is 4.81. The zero-order valence-electron chi connectivity index (χ0n) is 15.0. The third-order valence-corrected chi connectivity index (χ3v) is 5.53. The minimum Gasteiger partial charge on any atom is -0.452 e. The molecular formula is C19H25ClN2O3. The highest BCUT2D eigenvalue weighted by Gasteiger charge is 2.50. The van der Waals surface area contributed by atoms with Crippen molar-refractivity contribution >= 4 is 29.2 Å². The summed E-state index contributed by atoms with van der Waals surface area (Å²) in [6.45, 7) is 7.24. The van der Waals surface area contributed by atoms with E-state index in [0.29, 0.717) is 5.02 Å². The van der Waals surface area contributed by atoms with Gasteiger partial charge in [0, 0.05) is 23.3 Å². The minimum atomic E-state index is -0.601. The van der Waals surface area contributed by atoms with E-state index in [-0.39, 0.29) is 40.6 Å². The lowest BCUT2D eigenvalue weighted by molar-refractivity contribution is -0.135. The van der Waals surface area contributed by atoms with Gasteiger partial charge in [0.25, 0.3) is 5.91 Å². The van der Waals surface area contributed by atoms with Crippen molar-refractivity contribution in [2.45, 2.75) is 46.1 Å². The number of anilines is 1. The van der Waals surface area contributed by atoms with E-state index in [1.807, 2.05) is 4.90 Å². The number of hydrogen-bond acceptors (Lipinski definition) is 4. The maximum atomic E-state index is 12.6. The Bertz CT molecular complexity index is 719. The van der Waals surface area contributed by atoms with Crippen molar-refractivity contribution in [3.8, 4) is 0 Å². The van der Waals surface area contributed by atoms with Gasteiger partial charge in [0.1, 0.15) is 0 Å². The highest BCUT2D eigenvalue weighted by molar-refractivity contribution is 6.31. The molecule has 1 saturated carbocycles. The van der Waals surface area contributed by atoms with Crippen molar-refractivity contribution in [3.63, 3.8) is 0 Å². The summed E-state index contributed by atoms with van der Waals surface area (Å²) in [4.78, 5) is 26.7. The van der Waals surface area contributed by atoms with E-state index < -0.39 is 5.97 Å². The lowest BCUT2D eigenvalue weighted by atomic mass is 9.65. The smallest absolute Gasteiger partial charge is 0.340 e. The average molecular weight is 365 g/mol. The Morgan fingerprint density at radius 1 is 1.32 bits per heavy atom. The predicted octanol–water partition coefficient (Wildman–Crippen LogP) is 3.51. The summed E-state index contributed by atoms with van der Waals surface area (Å²) < 4.78 is 5.20. The molecule has 3 rings (SSSR count). The van der Waals surface area contributed by atoms with Gasteiger partial charge in [-0.05, 0) is 48.3 Å². The molecule has 2 N–H and O–H groups in total. The van der Waals surface area contributed by atoms with Crippen LogP contribution in [-0.2, 0) is 9.53 Å². The predicted molar refractivity (Wildman–Crippen MR) is 97.4 cm³/mol. The number of fused-ring (bicyclic) bond motifs is 2. The summed E-state index contributed by atoms with van der Waals surface area (Å²) in [5.41, 5.74) is 6.66. The second-order valence-corrected chi connectivity index (χ2v) is 8.98. The molecule has 136 valence electrons. The number of esters is 1. The number of ether oxygens (including phenoxy) is 1. The molecule has 0 unspecified atom stereocenters. The Balaban J connectivity index is 1.62. The fourth-order valence-corrected chi connectivity index (χ4v) is 4.94. The molecule has 5 nitrogen and oxygen atoms in total. The van der Waals surface area contributed by atoms with Crippen LogP contribution in [0.25, 0.3) is 0 Å². The topological polar surface area (TPSA) is 72.6 Å². The van der Waals surface area contributed by atoms with Crippen molar-refractivity contribution in [2.75, 3.05) is 18.9 Å². The first kappa shape index (κ1) is 18.1. The number of amides is 1. The van der Waals surface area contributed by atoms with Crippen LogP contribution in [-0.4, -0.2) is 36.0 Å². The van der Waals surface area contributed by atoms with Crippen LogP contribution in [0.1, 0.15) is 50.4 Å². The van der Waals surface area contributed by atoms with Gasteiger partial charge in [0.15, 0.2) is 6.61 Å². The third-order valence-electron chi connectivity index (χ3n) is 5.30. The number of rotatable bonds is 3. The summed E-state index contributed by atoms with van der Waals surface area (Å²) in [6.07, 6.45) is 3.13. The Hall–Kier alpha value is -1.75. The number of nitrogens with zero attached hydrogens (tertiary/aromatic N) is 1. The van der Waals surface area contributed by atoms with Crippen molar-refractivity contribution in [1.82, 2.24) is 4.90 Å². The van der Waals surface area contributed by atoms with E-state index in [0.717, 1.165) is 25.8 Å². The molecule has 6 heteroatoms. The first-order chi connectivity index (χ1) is 11.6. The Kier molecular flexibility index (Phi) is 4.48. The second kappa shape index (κ2) is 6.20. The molecular weight excluding hydrogens is 340 g/mol. The molecule has 1 saturated heterocycles. The van der Waals surface area contributed by atoms with Crippen LogP contribution in [0.5, 0.6) is 0 Å². The molecule has 1 amide bonds. The number of hydrogen-bond donors (Lipinski definition) is 1. The van der Waals surface area contributed by atoms with Crippen LogP contribution in [0.4, 0.5) is 5.69 Å². The number of nitrogens with two attached hydrogens (primary N) is 1. The zero-order valence-corrected chi connectivity index (χ0v) is 15.7. The van der Waals surface area contributed by atoms with Gasteiger partial charge in [0.05, 0.1) is 5.56 Å². The fourth-order valence-electron chi connectivity index (χ4n) is 4.76. The molecule has 2 atom stereocenters. The van der Waals surface area contributed by atoms with Crippen LogP contribution in [0, 0.1) is 10.8 Å². The van der Waals surface area contributed by atoms with E-state index in [9.17, 15) is 9.59 Å². The van der Waals surface area contributed by atoms with Crippen molar-refractivity contribution in [1.29, 1.82) is 0 Å². The van der Waals surface area contributed by atoms with Gasteiger partial charge in [-0.3, -0.25) is 4.79 Å². The van der Waals surface area contributed by atoms with Crippen LogP contribution >= 0.6 is 11.6 Å². The zero-order chi connectivity index (χ0) is 18.4. The van der Waals surface area contributed by atoms with E-state index in [1.165, 1.54) is 12.1 Å². The molecule has 0 radical (unpaired) electrons. The van der Waals surface area contributed by atoms with Crippen LogP contribution in [0.15, 0.2) is 18.2 Å². The normalized spacial score (nSPS) is 27.2. The number of halogens is 1. The summed E-state index contributed by atoms with van der Waals surface area (Å²) >= 11 is 5.83. The van der Waals surface area contributed by atoms with E-state index >= 15 is 0 Å². The van der Waals surface area contributed by atoms with Crippen LogP contribution in [0.2, 0.25) is 5.02 Å². The van der Waals surface area contributed by atoms with Gasteiger partial charge in [-0.25, -0.2) is 4.79 Å². The molecule has 0 spiro atoms. The molecule has 1 aliphatic heterocycles. The van der Waals surface area contributed by atoms with Gasteiger partial charge in [-0.1, -0.05) is 32.4 Å². The monoisotopic (exact) mass is 364 g/mol. The van der Waals surface area contributed by atoms with Gasteiger partial charge in [0.2, 0.25) is 0 Å². The van der Waals surface area contributed by atoms with Crippen molar-refractivity contribution in [2.24, 2.45) is 10.8 Å². The molecule has 0 aromatic heterocycles. The Morgan fingerprint density at radius 2 is 2.04 bits per heavy atom. The van der Waals surface area contributed by atoms with Gasteiger partial charge >= 0.3 is 5.97 Å². The summed E-state index contributed by atoms with van der Waals surface area (Å²) in [7, 11) is 0. The SMILES string of the molecule is CC1(C)C[C@H]2C[C@@](C)(CN2C(=O)COC(=O)c2ccc(Cl)cc2N)C1. The number of carbonyl (C=O) groups is 2. The molecule has 1 aromatic rings.